The Morgan fingerprint density at radius 3 is 1.75 bits per heavy atom. The number of aromatic nitrogens is 2. The van der Waals surface area contributed by atoms with E-state index < -0.39 is 5.92 Å². The fourth-order valence-corrected chi connectivity index (χ4v) is 8.05. The minimum Gasteiger partial charge on any atom is -0.312 e. The van der Waals surface area contributed by atoms with Crippen LogP contribution >= 0.6 is 0 Å². The molecule has 2 heterocycles. The van der Waals surface area contributed by atoms with Crippen molar-refractivity contribution in [1.29, 1.82) is 15.8 Å². The molecule has 9 rings (SSSR count). The van der Waals surface area contributed by atoms with Crippen LogP contribution in [0.25, 0.3) is 71.7 Å². The lowest BCUT2D eigenvalue weighted by Crippen LogP contribution is -2.20. The smallest absolute Gasteiger partial charge is 0.101 e. The van der Waals surface area contributed by atoms with Crippen molar-refractivity contribution in [3.05, 3.63) is 162 Å². The van der Waals surface area contributed by atoms with Crippen LogP contribution in [0.4, 0.5) is 0 Å². The van der Waals surface area contributed by atoms with Gasteiger partial charge in [-0.25, -0.2) is 0 Å². The Labute approximate surface area is 295 Å². The molecule has 6 aromatic carbocycles. The standard InChI is InChI=1S/C46H29N5/c1-29-34(22-24-45(40(29)28-49)50-41-14-5-4-12-38(41)39-25-30(26-47)17-23-44(39)50)31-18-20-32(21-19-31)35-13-8-9-33(27-48)46(35)51-42-15-6-2-10-36(42)37-11-3-7-16-43(37)51/h2-25,29,40H,1H3/t29-,40?/m1/s1. The third-order valence-corrected chi connectivity index (χ3v) is 10.4. The normalized spacial score (nSPS) is 15.7. The molecule has 2 atom stereocenters. The maximum absolute atomic E-state index is 10.6. The number of para-hydroxylation sites is 4. The van der Waals surface area contributed by atoms with Gasteiger partial charge in [0.15, 0.2) is 0 Å². The van der Waals surface area contributed by atoms with Crippen LogP contribution in [0.15, 0.2) is 146 Å². The number of nitriles is 3. The molecule has 5 nitrogen and oxygen atoms in total. The van der Waals surface area contributed by atoms with Gasteiger partial charge in [-0.1, -0.05) is 104 Å². The number of nitrogens with zero attached hydrogens (tertiary/aromatic N) is 5. The third kappa shape index (κ3) is 4.52. The van der Waals surface area contributed by atoms with Gasteiger partial charge in [0, 0.05) is 38.7 Å². The molecule has 0 aliphatic heterocycles. The molecule has 0 bridgehead atoms. The number of hydrogen-bond donors (Lipinski definition) is 0. The fourth-order valence-electron chi connectivity index (χ4n) is 8.05. The molecule has 1 aliphatic rings. The minimum absolute atomic E-state index is 0.0782. The molecule has 0 amide bonds. The molecule has 51 heavy (non-hydrogen) atoms. The van der Waals surface area contributed by atoms with Gasteiger partial charge < -0.3 is 9.13 Å². The molecule has 1 unspecified atom stereocenters. The van der Waals surface area contributed by atoms with E-state index in [2.05, 4.69) is 125 Å². The van der Waals surface area contributed by atoms with Gasteiger partial charge in [-0.05, 0) is 65.2 Å². The summed E-state index contributed by atoms with van der Waals surface area (Å²) < 4.78 is 4.41. The molecule has 0 spiro atoms. The summed E-state index contributed by atoms with van der Waals surface area (Å²) in [5.74, 6) is -0.473. The van der Waals surface area contributed by atoms with Crippen LogP contribution in [0.2, 0.25) is 0 Å². The summed E-state index contributed by atoms with van der Waals surface area (Å²) in [6.07, 6.45) is 4.23. The van der Waals surface area contributed by atoms with Crippen LogP contribution in [0, 0.1) is 45.8 Å². The van der Waals surface area contributed by atoms with E-state index in [1.54, 1.807) is 0 Å². The first-order chi connectivity index (χ1) is 25.1. The zero-order valence-corrected chi connectivity index (χ0v) is 27.7. The highest BCUT2D eigenvalue weighted by molar-refractivity contribution is 6.11. The lowest BCUT2D eigenvalue weighted by molar-refractivity contribution is 0.632. The van der Waals surface area contributed by atoms with Gasteiger partial charge in [-0.2, -0.15) is 15.8 Å². The number of rotatable bonds is 4. The summed E-state index contributed by atoms with van der Waals surface area (Å²) in [6.45, 7) is 2.12. The van der Waals surface area contributed by atoms with Crippen molar-refractivity contribution in [2.24, 2.45) is 11.8 Å². The molecule has 0 fully saturated rings. The van der Waals surface area contributed by atoms with Crippen molar-refractivity contribution in [2.75, 3.05) is 0 Å². The minimum atomic E-state index is -0.395. The highest BCUT2D eigenvalue weighted by Gasteiger charge is 2.31. The Morgan fingerprint density at radius 1 is 0.529 bits per heavy atom. The van der Waals surface area contributed by atoms with E-state index in [1.165, 1.54) is 0 Å². The summed E-state index contributed by atoms with van der Waals surface area (Å²) in [7, 11) is 0. The van der Waals surface area contributed by atoms with Gasteiger partial charge >= 0.3 is 0 Å². The molecule has 1 aliphatic carbocycles. The van der Waals surface area contributed by atoms with E-state index >= 15 is 0 Å². The Balaban J connectivity index is 1.16. The van der Waals surface area contributed by atoms with Gasteiger partial charge in [0.25, 0.3) is 0 Å². The summed E-state index contributed by atoms with van der Waals surface area (Å²) in [5.41, 5.74) is 11.2. The summed E-state index contributed by atoms with van der Waals surface area (Å²) in [6, 6.07) is 52.4. The number of allylic oxidation sites excluding steroid dienone is 4. The van der Waals surface area contributed by atoms with Gasteiger partial charge in [0.05, 0.1) is 56.9 Å². The van der Waals surface area contributed by atoms with Crippen molar-refractivity contribution >= 4 is 54.9 Å². The first-order valence-electron chi connectivity index (χ1n) is 17.0. The topological polar surface area (TPSA) is 81.2 Å². The number of benzene rings is 6. The zero-order valence-electron chi connectivity index (χ0n) is 27.7. The average Bonchev–Trinajstić information content (AvgIpc) is 3.70. The first kappa shape index (κ1) is 30.0. The molecule has 2 aromatic heterocycles. The van der Waals surface area contributed by atoms with E-state index in [9.17, 15) is 15.8 Å². The second kappa shape index (κ2) is 11.8. The lowest BCUT2D eigenvalue weighted by atomic mass is 9.79. The van der Waals surface area contributed by atoms with Crippen molar-refractivity contribution in [1.82, 2.24) is 9.13 Å². The largest absolute Gasteiger partial charge is 0.312 e. The Kier molecular flexibility index (Phi) is 6.92. The van der Waals surface area contributed by atoms with E-state index in [4.69, 9.17) is 0 Å². The van der Waals surface area contributed by atoms with E-state index in [0.29, 0.717) is 11.1 Å². The fraction of sp³-hybridized carbons (Fsp3) is 0.0652. The molecular formula is C46H29N5. The van der Waals surface area contributed by atoms with Crippen LogP contribution in [0.5, 0.6) is 0 Å². The van der Waals surface area contributed by atoms with Crippen LogP contribution < -0.4 is 0 Å². The van der Waals surface area contributed by atoms with E-state index in [1.807, 2.05) is 54.6 Å². The summed E-state index contributed by atoms with van der Waals surface area (Å²) in [5, 5.41) is 34.9. The van der Waals surface area contributed by atoms with Gasteiger partial charge in [0.2, 0.25) is 0 Å². The molecule has 0 saturated carbocycles. The van der Waals surface area contributed by atoms with Crippen molar-refractivity contribution in [3.8, 4) is 35.0 Å². The Hall–Kier alpha value is -7.13. The quantitative estimate of drug-likeness (QED) is 0.190. The number of fused-ring (bicyclic) bond motifs is 6. The second-order valence-corrected chi connectivity index (χ2v) is 13.1. The first-order valence-corrected chi connectivity index (χ1v) is 17.0. The molecule has 8 aromatic rings. The molecule has 5 heteroatoms. The molecule has 0 radical (unpaired) electrons. The predicted molar refractivity (Wildman–Crippen MR) is 206 cm³/mol. The highest BCUT2D eigenvalue weighted by atomic mass is 15.0. The average molecular weight is 652 g/mol. The monoisotopic (exact) mass is 651 g/mol. The maximum Gasteiger partial charge on any atom is 0.101 e. The van der Waals surface area contributed by atoms with Crippen LogP contribution in [0.3, 0.4) is 0 Å². The SMILES string of the molecule is C[C@@H]1C(c2ccc(-c3cccc(C#N)c3-n3c4ccccc4c4ccccc43)cc2)=CC=C(n2c3ccccc3c3cc(C#N)ccc32)C1C#N. The molecule has 0 N–H and O–H groups in total. The van der Waals surface area contributed by atoms with E-state index in [-0.39, 0.29) is 5.92 Å². The van der Waals surface area contributed by atoms with Crippen LogP contribution in [-0.2, 0) is 0 Å². The van der Waals surface area contributed by atoms with Crippen molar-refractivity contribution < 1.29 is 0 Å². The Bertz CT molecular complexity index is 2860. The molecular weight excluding hydrogens is 623 g/mol. The Morgan fingerprint density at radius 2 is 1.12 bits per heavy atom. The van der Waals surface area contributed by atoms with Gasteiger partial charge in [0.1, 0.15) is 6.07 Å². The van der Waals surface area contributed by atoms with Crippen molar-refractivity contribution in [2.45, 2.75) is 6.92 Å². The number of hydrogen-bond acceptors (Lipinski definition) is 3. The second-order valence-electron chi connectivity index (χ2n) is 13.1. The summed E-state index contributed by atoms with van der Waals surface area (Å²) in [4.78, 5) is 0. The van der Waals surface area contributed by atoms with Gasteiger partial charge in [-0.3, -0.25) is 0 Å². The highest BCUT2D eigenvalue weighted by Crippen LogP contribution is 2.43. The third-order valence-electron chi connectivity index (χ3n) is 10.4. The predicted octanol–water partition coefficient (Wildman–Crippen LogP) is 11.0. The molecule has 238 valence electrons. The molecule has 0 saturated heterocycles. The zero-order chi connectivity index (χ0) is 34.6. The van der Waals surface area contributed by atoms with Crippen LogP contribution in [0.1, 0.15) is 23.6 Å². The maximum atomic E-state index is 10.6. The van der Waals surface area contributed by atoms with Crippen LogP contribution in [-0.4, -0.2) is 9.13 Å². The van der Waals surface area contributed by atoms with E-state index in [0.717, 1.165) is 77.3 Å². The van der Waals surface area contributed by atoms with Gasteiger partial charge in [-0.15, -0.1) is 0 Å². The lowest BCUT2D eigenvalue weighted by Gasteiger charge is -2.28. The van der Waals surface area contributed by atoms with Crippen molar-refractivity contribution in [3.63, 3.8) is 0 Å². The summed E-state index contributed by atoms with van der Waals surface area (Å²) >= 11 is 0.